The lowest BCUT2D eigenvalue weighted by Crippen LogP contribution is -2.26. The van der Waals surface area contributed by atoms with Crippen LogP contribution < -0.4 is 0 Å². The maximum Gasteiger partial charge on any atom is 0.314 e. The van der Waals surface area contributed by atoms with Crippen molar-refractivity contribution in [1.29, 1.82) is 0 Å². The predicted octanol–water partition coefficient (Wildman–Crippen LogP) is 4.97. The average Bonchev–Trinajstić information content (AvgIpc) is 2.82. The second-order valence-corrected chi connectivity index (χ2v) is 7.66. The molecule has 0 saturated heterocycles. The minimum Gasteiger partial charge on any atom is -0.444 e. The molecule has 0 bridgehead atoms. The monoisotopic (exact) mass is 330 g/mol. The van der Waals surface area contributed by atoms with Gasteiger partial charge in [0.25, 0.3) is 0 Å². The largest absolute Gasteiger partial charge is 0.444 e. The number of ether oxygens (including phenoxy) is 1. The predicted molar refractivity (Wildman–Crippen MR) is 94.9 cm³/mol. The lowest BCUT2D eigenvalue weighted by atomic mass is 9.98. The van der Waals surface area contributed by atoms with Crippen LogP contribution in [-0.4, -0.2) is 12.1 Å². The van der Waals surface area contributed by atoms with Crippen LogP contribution in [0.4, 0.5) is 0 Å². The Hall–Kier alpha value is -1.72. The van der Waals surface area contributed by atoms with Crippen LogP contribution in [0.1, 0.15) is 40.2 Å². The number of hydrogen-bond donors (Lipinski definition) is 0. The summed E-state index contributed by atoms with van der Waals surface area (Å²) < 4.78 is 5.55. The molecule has 0 spiro atoms. The van der Waals surface area contributed by atoms with Gasteiger partial charge in [-0.05, 0) is 35.5 Å². The molecule has 1 unspecified atom stereocenters. The number of rotatable bonds is 4. The van der Waals surface area contributed by atoms with Gasteiger partial charge in [0.2, 0.25) is 0 Å². The van der Waals surface area contributed by atoms with Crippen molar-refractivity contribution in [2.24, 2.45) is 16.2 Å². The van der Waals surface area contributed by atoms with Gasteiger partial charge in [0.1, 0.15) is 0 Å². The molecule has 0 aliphatic heterocycles. The molecule has 1 fully saturated rings. The molecule has 1 aromatic carbocycles. The van der Waals surface area contributed by atoms with Gasteiger partial charge in [0.15, 0.2) is 6.10 Å². The summed E-state index contributed by atoms with van der Waals surface area (Å²) in [5.74, 6) is 2.25. The van der Waals surface area contributed by atoms with E-state index in [1.54, 1.807) is 18.2 Å². The van der Waals surface area contributed by atoms with Crippen molar-refractivity contribution in [2.45, 2.75) is 40.7 Å². The molecule has 3 heteroatoms. The van der Waals surface area contributed by atoms with Crippen LogP contribution in [0, 0.1) is 28.6 Å². The van der Waals surface area contributed by atoms with Crippen molar-refractivity contribution >= 4 is 23.6 Å². The summed E-state index contributed by atoms with van der Waals surface area (Å²) in [5.41, 5.74) is 0.0577. The van der Waals surface area contributed by atoms with E-state index in [4.69, 9.17) is 22.8 Å². The van der Waals surface area contributed by atoms with E-state index in [1.807, 2.05) is 25.1 Å². The fourth-order valence-corrected chi connectivity index (χ4v) is 3.47. The zero-order valence-corrected chi connectivity index (χ0v) is 15.1. The zero-order valence-electron chi connectivity index (χ0n) is 14.3. The fraction of sp³-hybridized carbons (Fsp3) is 0.450. The highest BCUT2D eigenvalue weighted by Gasteiger charge is 2.79. The highest BCUT2D eigenvalue weighted by Crippen LogP contribution is 2.78. The molecule has 2 rings (SSSR count). The molecule has 2 nitrogen and oxygen atoms in total. The number of benzene rings is 1. The Balaban J connectivity index is 2.12. The molecule has 23 heavy (non-hydrogen) atoms. The standard InChI is InChI=1S/C20H23ClO2/c1-7-15(13-12-14-10-8-9-11-16(14)21)23-17(22)20(6)18(2,3)19(20,4)5/h1,8-13,15H,2-6H3/b13-12+. The molecule has 0 heterocycles. The van der Waals surface area contributed by atoms with Crippen molar-refractivity contribution in [3.05, 3.63) is 40.9 Å². The molecule has 1 aliphatic carbocycles. The van der Waals surface area contributed by atoms with Crippen LogP contribution in [0.3, 0.4) is 0 Å². The van der Waals surface area contributed by atoms with E-state index >= 15 is 0 Å². The second kappa shape index (κ2) is 5.73. The molecule has 0 amide bonds. The number of hydrogen-bond acceptors (Lipinski definition) is 2. The van der Waals surface area contributed by atoms with Gasteiger partial charge in [-0.25, -0.2) is 0 Å². The summed E-state index contributed by atoms with van der Waals surface area (Å²) in [6.45, 7) is 10.3. The molecule has 1 aliphatic rings. The summed E-state index contributed by atoms with van der Waals surface area (Å²) in [6, 6.07) is 7.42. The Morgan fingerprint density at radius 3 is 2.26 bits per heavy atom. The highest BCUT2D eigenvalue weighted by atomic mass is 35.5. The molecule has 1 aromatic rings. The minimum absolute atomic E-state index is 0.122. The number of terminal acetylenes is 1. The molecule has 1 saturated carbocycles. The van der Waals surface area contributed by atoms with E-state index in [9.17, 15) is 4.79 Å². The third kappa shape index (κ3) is 2.58. The normalized spacial score (nSPS) is 21.4. The van der Waals surface area contributed by atoms with Gasteiger partial charge in [0.05, 0.1) is 5.41 Å². The van der Waals surface area contributed by atoms with Crippen molar-refractivity contribution in [2.75, 3.05) is 0 Å². The topological polar surface area (TPSA) is 26.3 Å². The van der Waals surface area contributed by atoms with E-state index < -0.39 is 11.5 Å². The molecule has 1 atom stereocenters. The van der Waals surface area contributed by atoms with Crippen molar-refractivity contribution in [3.63, 3.8) is 0 Å². The Bertz CT molecular complexity index is 678. The van der Waals surface area contributed by atoms with Crippen molar-refractivity contribution in [3.8, 4) is 12.3 Å². The first-order valence-electron chi connectivity index (χ1n) is 7.69. The first-order valence-corrected chi connectivity index (χ1v) is 8.07. The Labute approximate surface area is 143 Å². The Morgan fingerprint density at radius 2 is 1.78 bits per heavy atom. The maximum atomic E-state index is 12.6. The third-order valence-corrected chi connectivity index (χ3v) is 6.51. The van der Waals surface area contributed by atoms with Crippen LogP contribution in [0.2, 0.25) is 5.02 Å². The van der Waals surface area contributed by atoms with Crippen LogP contribution in [-0.2, 0) is 9.53 Å². The van der Waals surface area contributed by atoms with Crippen LogP contribution >= 0.6 is 11.6 Å². The Kier molecular flexibility index (Phi) is 4.39. The van der Waals surface area contributed by atoms with Gasteiger partial charge in [-0.1, -0.05) is 69.5 Å². The maximum absolute atomic E-state index is 12.6. The lowest BCUT2D eigenvalue weighted by Gasteiger charge is -2.17. The average molecular weight is 331 g/mol. The van der Waals surface area contributed by atoms with E-state index in [1.165, 1.54) is 0 Å². The summed E-state index contributed by atoms with van der Waals surface area (Å²) in [5, 5.41) is 0.627. The molecule has 0 N–H and O–H groups in total. The van der Waals surface area contributed by atoms with Gasteiger partial charge in [0, 0.05) is 5.02 Å². The first-order chi connectivity index (χ1) is 10.6. The van der Waals surface area contributed by atoms with Crippen LogP contribution in [0.15, 0.2) is 30.3 Å². The lowest BCUT2D eigenvalue weighted by molar-refractivity contribution is -0.153. The first kappa shape index (κ1) is 17.6. The summed E-state index contributed by atoms with van der Waals surface area (Å²) in [4.78, 5) is 12.6. The smallest absolute Gasteiger partial charge is 0.314 e. The van der Waals surface area contributed by atoms with Gasteiger partial charge in [-0.3, -0.25) is 4.79 Å². The number of carbonyl (C=O) groups is 1. The molecular weight excluding hydrogens is 308 g/mol. The minimum atomic E-state index is -0.706. The fourth-order valence-electron chi connectivity index (χ4n) is 3.27. The van der Waals surface area contributed by atoms with Gasteiger partial charge in [-0.2, -0.15) is 0 Å². The second-order valence-electron chi connectivity index (χ2n) is 7.25. The van der Waals surface area contributed by atoms with Crippen molar-refractivity contribution in [1.82, 2.24) is 0 Å². The van der Waals surface area contributed by atoms with E-state index in [-0.39, 0.29) is 16.8 Å². The van der Waals surface area contributed by atoms with E-state index in [0.29, 0.717) is 5.02 Å². The van der Waals surface area contributed by atoms with Crippen molar-refractivity contribution < 1.29 is 9.53 Å². The highest BCUT2D eigenvalue weighted by molar-refractivity contribution is 6.32. The summed E-state index contributed by atoms with van der Waals surface area (Å²) in [7, 11) is 0. The third-order valence-electron chi connectivity index (χ3n) is 6.16. The van der Waals surface area contributed by atoms with E-state index in [2.05, 4.69) is 33.6 Å². The molecular formula is C20H23ClO2. The van der Waals surface area contributed by atoms with Gasteiger partial charge >= 0.3 is 5.97 Å². The molecule has 0 radical (unpaired) electrons. The van der Waals surface area contributed by atoms with Gasteiger partial charge in [-0.15, -0.1) is 6.42 Å². The number of carbonyl (C=O) groups excluding carboxylic acids is 1. The number of halogens is 1. The zero-order chi connectivity index (χ0) is 17.5. The summed E-state index contributed by atoms with van der Waals surface area (Å²) in [6.07, 6.45) is 8.27. The van der Waals surface area contributed by atoms with Crippen LogP contribution in [0.25, 0.3) is 6.08 Å². The molecule has 122 valence electrons. The van der Waals surface area contributed by atoms with Crippen LogP contribution in [0.5, 0.6) is 0 Å². The van der Waals surface area contributed by atoms with Gasteiger partial charge < -0.3 is 4.74 Å². The SMILES string of the molecule is C#CC(/C=C/c1ccccc1Cl)OC(=O)C1(C)C(C)(C)C1(C)C. The van der Waals surface area contributed by atoms with E-state index in [0.717, 1.165) is 5.56 Å². The number of esters is 1. The summed E-state index contributed by atoms with van der Waals surface area (Å²) >= 11 is 6.10. The molecule has 0 aromatic heterocycles. The Morgan fingerprint density at radius 1 is 1.22 bits per heavy atom. The quantitative estimate of drug-likeness (QED) is 0.575.